The van der Waals surface area contributed by atoms with E-state index in [0.29, 0.717) is 4.99 Å². The lowest BCUT2D eigenvalue weighted by Gasteiger charge is -2.27. The first-order valence-electron chi connectivity index (χ1n) is 6.81. The van der Waals surface area contributed by atoms with Crippen LogP contribution in [0, 0.1) is 5.92 Å². The normalized spacial score (nSPS) is 16.7. The molecule has 1 aromatic rings. The van der Waals surface area contributed by atoms with Crippen LogP contribution in [0.1, 0.15) is 24.0 Å². The van der Waals surface area contributed by atoms with E-state index in [1.165, 1.54) is 18.4 Å². The molecule has 0 aromatic heterocycles. The smallest absolute Gasteiger partial charge is 0.104 e. The third-order valence-electron chi connectivity index (χ3n) is 3.63. The summed E-state index contributed by atoms with van der Waals surface area (Å²) in [6, 6.07) is 8.13. The van der Waals surface area contributed by atoms with Gasteiger partial charge in [0.05, 0.1) is 0 Å². The highest BCUT2D eigenvalue weighted by Gasteiger charge is 2.16. The van der Waals surface area contributed by atoms with Gasteiger partial charge in [0.2, 0.25) is 0 Å². The quantitative estimate of drug-likeness (QED) is 0.838. The van der Waals surface area contributed by atoms with Crippen LogP contribution < -0.4 is 5.73 Å². The maximum absolute atomic E-state index is 5.77. The van der Waals surface area contributed by atoms with Crippen molar-refractivity contribution in [2.45, 2.75) is 19.4 Å². The maximum atomic E-state index is 5.77. The third kappa shape index (κ3) is 4.27. The van der Waals surface area contributed by atoms with Crippen molar-refractivity contribution in [1.82, 2.24) is 4.90 Å². The van der Waals surface area contributed by atoms with Crippen LogP contribution in [0.3, 0.4) is 0 Å². The highest BCUT2D eigenvalue weighted by molar-refractivity contribution is 7.80. The third-order valence-corrected chi connectivity index (χ3v) is 3.85. The fourth-order valence-corrected chi connectivity index (χ4v) is 2.82. The second-order valence-electron chi connectivity index (χ2n) is 5.27. The molecule has 4 heteroatoms. The molecule has 0 atom stereocenters. The van der Waals surface area contributed by atoms with Gasteiger partial charge in [-0.1, -0.05) is 36.5 Å². The fraction of sp³-hybridized carbons (Fsp3) is 0.533. The van der Waals surface area contributed by atoms with E-state index in [-0.39, 0.29) is 0 Å². The Morgan fingerprint density at radius 1 is 1.37 bits per heavy atom. The molecule has 1 fully saturated rings. The van der Waals surface area contributed by atoms with Crippen LogP contribution in [-0.2, 0) is 11.3 Å². The lowest BCUT2D eigenvalue weighted by Crippen LogP contribution is -2.30. The molecular formula is C15H22N2OS. The Labute approximate surface area is 120 Å². The van der Waals surface area contributed by atoms with E-state index in [0.717, 1.165) is 37.8 Å². The molecule has 0 aliphatic carbocycles. The van der Waals surface area contributed by atoms with Crippen molar-refractivity contribution in [3.8, 4) is 0 Å². The summed E-state index contributed by atoms with van der Waals surface area (Å²) in [4.78, 5) is 2.84. The van der Waals surface area contributed by atoms with E-state index in [2.05, 4.69) is 18.0 Å². The van der Waals surface area contributed by atoms with Gasteiger partial charge in [0, 0.05) is 31.9 Å². The van der Waals surface area contributed by atoms with Gasteiger partial charge < -0.3 is 15.4 Å². The minimum absolute atomic E-state index is 0.482. The summed E-state index contributed by atoms with van der Waals surface area (Å²) < 4.78 is 5.40. The predicted octanol–water partition coefficient (Wildman–Crippen LogP) is 2.18. The monoisotopic (exact) mass is 278 g/mol. The van der Waals surface area contributed by atoms with Crippen LogP contribution in [0.15, 0.2) is 24.3 Å². The van der Waals surface area contributed by atoms with Gasteiger partial charge in [0.15, 0.2) is 0 Å². The Bertz CT molecular complexity index is 430. The first-order chi connectivity index (χ1) is 9.16. The second kappa shape index (κ2) is 6.98. The van der Waals surface area contributed by atoms with Gasteiger partial charge >= 0.3 is 0 Å². The predicted molar refractivity (Wildman–Crippen MR) is 82.2 cm³/mol. The van der Waals surface area contributed by atoms with Gasteiger partial charge in [-0.05, 0) is 31.4 Å². The van der Waals surface area contributed by atoms with E-state index in [4.69, 9.17) is 22.7 Å². The van der Waals surface area contributed by atoms with Gasteiger partial charge in [-0.3, -0.25) is 0 Å². The van der Waals surface area contributed by atoms with Crippen molar-refractivity contribution >= 4 is 17.2 Å². The summed E-state index contributed by atoms with van der Waals surface area (Å²) in [6.07, 6.45) is 2.34. The lowest BCUT2D eigenvalue weighted by molar-refractivity contribution is 0.0549. The molecule has 2 N–H and O–H groups in total. The summed E-state index contributed by atoms with van der Waals surface area (Å²) in [7, 11) is 2.16. The van der Waals surface area contributed by atoms with Crippen LogP contribution in [0.2, 0.25) is 0 Å². The topological polar surface area (TPSA) is 38.5 Å². The van der Waals surface area contributed by atoms with Crippen molar-refractivity contribution in [2.24, 2.45) is 11.7 Å². The standard InChI is InChI=1S/C15H22N2OS/c1-17(10-12-6-8-18-9-7-12)11-13-4-2-3-5-14(13)15(16)19/h2-5,12H,6-11H2,1H3,(H2,16,19). The molecule has 1 aromatic carbocycles. The summed E-state index contributed by atoms with van der Waals surface area (Å²) >= 11 is 5.11. The minimum Gasteiger partial charge on any atom is -0.389 e. The van der Waals surface area contributed by atoms with E-state index in [1.807, 2.05) is 18.2 Å². The first-order valence-corrected chi connectivity index (χ1v) is 7.21. The van der Waals surface area contributed by atoms with Crippen molar-refractivity contribution in [3.63, 3.8) is 0 Å². The molecule has 0 radical (unpaired) electrons. The lowest BCUT2D eigenvalue weighted by atomic mass is 9.99. The Balaban J connectivity index is 1.94. The molecule has 1 aliphatic rings. The van der Waals surface area contributed by atoms with Crippen molar-refractivity contribution in [2.75, 3.05) is 26.8 Å². The molecule has 2 rings (SSSR count). The molecule has 3 nitrogen and oxygen atoms in total. The molecule has 1 saturated heterocycles. The van der Waals surface area contributed by atoms with E-state index < -0.39 is 0 Å². The zero-order valence-electron chi connectivity index (χ0n) is 11.5. The molecule has 0 saturated carbocycles. The van der Waals surface area contributed by atoms with E-state index in [9.17, 15) is 0 Å². The van der Waals surface area contributed by atoms with Crippen LogP contribution in [0.4, 0.5) is 0 Å². The zero-order chi connectivity index (χ0) is 13.7. The van der Waals surface area contributed by atoms with Gasteiger partial charge in [-0.2, -0.15) is 0 Å². The zero-order valence-corrected chi connectivity index (χ0v) is 12.3. The number of nitrogens with two attached hydrogens (primary N) is 1. The number of rotatable bonds is 5. The highest BCUT2D eigenvalue weighted by atomic mass is 32.1. The van der Waals surface area contributed by atoms with Crippen LogP contribution in [0.5, 0.6) is 0 Å². The first kappa shape index (κ1) is 14.4. The average molecular weight is 278 g/mol. The van der Waals surface area contributed by atoms with Crippen LogP contribution in [0.25, 0.3) is 0 Å². The van der Waals surface area contributed by atoms with Crippen LogP contribution >= 0.6 is 12.2 Å². The molecule has 0 bridgehead atoms. The fourth-order valence-electron chi connectivity index (χ4n) is 2.62. The largest absolute Gasteiger partial charge is 0.389 e. The molecule has 19 heavy (non-hydrogen) atoms. The van der Waals surface area contributed by atoms with Gasteiger partial charge in [0.25, 0.3) is 0 Å². The summed E-state index contributed by atoms with van der Waals surface area (Å²) in [6.45, 7) is 3.81. The van der Waals surface area contributed by atoms with E-state index in [1.54, 1.807) is 0 Å². The number of nitrogens with zero attached hydrogens (tertiary/aromatic N) is 1. The molecule has 0 spiro atoms. The van der Waals surface area contributed by atoms with Crippen LogP contribution in [-0.4, -0.2) is 36.7 Å². The summed E-state index contributed by atoms with van der Waals surface area (Å²) in [5, 5.41) is 0. The van der Waals surface area contributed by atoms with E-state index >= 15 is 0 Å². The van der Waals surface area contributed by atoms with Crippen molar-refractivity contribution < 1.29 is 4.74 Å². The molecule has 1 aliphatic heterocycles. The number of ether oxygens (including phenoxy) is 1. The second-order valence-corrected chi connectivity index (χ2v) is 5.71. The highest BCUT2D eigenvalue weighted by Crippen LogP contribution is 2.17. The minimum atomic E-state index is 0.482. The van der Waals surface area contributed by atoms with Gasteiger partial charge in [0.1, 0.15) is 4.99 Å². The molecular weight excluding hydrogens is 256 g/mol. The maximum Gasteiger partial charge on any atom is 0.104 e. The Morgan fingerprint density at radius 3 is 2.74 bits per heavy atom. The molecule has 1 heterocycles. The van der Waals surface area contributed by atoms with Crippen molar-refractivity contribution in [3.05, 3.63) is 35.4 Å². The average Bonchev–Trinajstić information content (AvgIpc) is 2.40. The SMILES string of the molecule is CN(Cc1ccccc1C(N)=S)CC1CCOCC1. The summed E-state index contributed by atoms with van der Waals surface area (Å²) in [5.41, 5.74) is 7.98. The molecule has 0 unspecified atom stereocenters. The molecule has 104 valence electrons. The number of thiocarbonyl (C=S) groups is 1. The number of hydrogen-bond acceptors (Lipinski definition) is 3. The molecule has 0 amide bonds. The Morgan fingerprint density at radius 2 is 2.05 bits per heavy atom. The van der Waals surface area contributed by atoms with Crippen molar-refractivity contribution in [1.29, 1.82) is 0 Å². The summed E-state index contributed by atoms with van der Waals surface area (Å²) in [5.74, 6) is 0.746. The van der Waals surface area contributed by atoms with Gasteiger partial charge in [-0.15, -0.1) is 0 Å². The number of benzene rings is 1. The Hall–Kier alpha value is -0.970. The van der Waals surface area contributed by atoms with Gasteiger partial charge in [-0.25, -0.2) is 0 Å². The Kier molecular flexibility index (Phi) is 5.31. The number of hydrogen-bond donors (Lipinski definition) is 1.